The monoisotopic (exact) mass is 867 g/mol. The van der Waals surface area contributed by atoms with Crippen molar-refractivity contribution in [1.82, 2.24) is 4.57 Å². The summed E-state index contributed by atoms with van der Waals surface area (Å²) >= 11 is 0. The van der Waals surface area contributed by atoms with Crippen LogP contribution < -0.4 is 52.1 Å². The fourth-order valence-electron chi connectivity index (χ4n) is 12.2. The van der Waals surface area contributed by atoms with E-state index >= 15 is 0 Å². The van der Waals surface area contributed by atoms with E-state index in [0.29, 0.717) is 0 Å². The third kappa shape index (κ3) is 4.78. The highest BCUT2D eigenvalue weighted by Crippen LogP contribution is 2.47. The van der Waals surface area contributed by atoms with Gasteiger partial charge in [0.15, 0.2) is 0 Å². The molecular weight excluding hydrogens is 832 g/mol. The fourth-order valence-corrected chi connectivity index (χ4v) is 12.2. The number of hydrogen-bond donors (Lipinski definition) is 0. The van der Waals surface area contributed by atoms with Crippen LogP contribution in [0.1, 0.15) is 0 Å². The molecule has 4 aliphatic heterocycles. The molecular formula is C60H35B2N3O3. The molecule has 8 heteroatoms. The van der Waals surface area contributed by atoms with Crippen molar-refractivity contribution >= 4 is 124 Å². The highest BCUT2D eigenvalue weighted by molar-refractivity contribution is 7.04. The van der Waals surface area contributed by atoms with Crippen molar-refractivity contribution in [3.8, 4) is 28.7 Å². The van der Waals surface area contributed by atoms with Gasteiger partial charge in [0.05, 0.1) is 5.52 Å². The van der Waals surface area contributed by atoms with E-state index < -0.39 is 0 Å². The highest BCUT2D eigenvalue weighted by atomic mass is 16.5. The summed E-state index contributed by atoms with van der Waals surface area (Å²) in [6.45, 7) is -0.268. The maximum atomic E-state index is 7.34. The number of nitrogens with zero attached hydrogens (tertiary/aromatic N) is 3. The minimum Gasteiger partial charge on any atom is -0.458 e. The molecule has 0 atom stereocenters. The maximum Gasteiger partial charge on any atom is 0.261 e. The van der Waals surface area contributed by atoms with Crippen molar-refractivity contribution in [1.29, 1.82) is 0 Å². The minimum atomic E-state index is -0.190. The molecule has 314 valence electrons. The zero-order chi connectivity index (χ0) is 44.2. The van der Waals surface area contributed by atoms with Crippen LogP contribution in [0.4, 0.5) is 34.1 Å². The standard InChI is InChI=1S/C60H35B2N3O3/c1-5-16-36(17-6-1)63(37-18-7-2-8-19-37)40-28-30-46-50(32-40)66-52-35-53-55-59-54(52)61(46)48-26-15-25-43-44-34-45-42-24-13-14-27-49(42)68-60(45)56(58(44)65(59)57(43)48)62(55)47-31-29-41(33-51(47)67-53)64(38-20-9-3-10-21-38)39-22-11-4-12-23-39/h1-35H. The van der Waals surface area contributed by atoms with Crippen LogP contribution in [0.3, 0.4) is 0 Å². The molecule has 0 fully saturated rings. The first-order valence-electron chi connectivity index (χ1n) is 23.3. The average molecular weight is 868 g/mol. The molecule has 10 aromatic carbocycles. The molecule has 0 unspecified atom stereocenters. The fraction of sp³-hybridized carbons (Fsp3) is 0. The molecule has 6 heterocycles. The molecule has 0 saturated carbocycles. The van der Waals surface area contributed by atoms with Gasteiger partial charge in [-0.05, 0) is 106 Å². The molecule has 0 aliphatic carbocycles. The van der Waals surface area contributed by atoms with E-state index in [9.17, 15) is 0 Å². The predicted octanol–water partition coefficient (Wildman–Crippen LogP) is 11.5. The molecule has 16 rings (SSSR count). The molecule has 0 spiro atoms. The highest BCUT2D eigenvalue weighted by Gasteiger charge is 2.50. The summed E-state index contributed by atoms with van der Waals surface area (Å²) in [6.07, 6.45) is 0. The van der Waals surface area contributed by atoms with Crippen LogP contribution in [0.25, 0.3) is 49.4 Å². The largest absolute Gasteiger partial charge is 0.458 e. The van der Waals surface area contributed by atoms with Gasteiger partial charge in [0.25, 0.3) is 13.4 Å². The van der Waals surface area contributed by atoms with E-state index in [0.717, 1.165) is 101 Å². The van der Waals surface area contributed by atoms with Crippen LogP contribution in [0.2, 0.25) is 0 Å². The average Bonchev–Trinajstić information content (AvgIpc) is 3.94. The molecule has 4 aliphatic rings. The van der Waals surface area contributed by atoms with Gasteiger partial charge in [-0.2, -0.15) is 0 Å². The molecule has 0 radical (unpaired) electrons. The molecule has 0 amide bonds. The van der Waals surface area contributed by atoms with Gasteiger partial charge in [0, 0.05) is 85.1 Å². The van der Waals surface area contributed by atoms with E-state index in [1.165, 1.54) is 38.2 Å². The first-order chi connectivity index (χ1) is 33.7. The number of ether oxygens (including phenoxy) is 2. The van der Waals surface area contributed by atoms with Crippen LogP contribution in [-0.2, 0) is 0 Å². The Balaban J connectivity index is 0.980. The van der Waals surface area contributed by atoms with E-state index in [1.807, 2.05) is 0 Å². The smallest absolute Gasteiger partial charge is 0.261 e. The number of furan rings is 1. The lowest BCUT2D eigenvalue weighted by Crippen LogP contribution is -2.65. The Labute approximate surface area is 391 Å². The van der Waals surface area contributed by atoms with Crippen LogP contribution in [0, 0.1) is 0 Å². The Bertz CT molecular complexity index is 4040. The Morgan fingerprint density at radius 2 is 0.853 bits per heavy atom. The summed E-state index contributed by atoms with van der Waals surface area (Å²) in [5.41, 5.74) is 18.7. The quantitative estimate of drug-likeness (QED) is 0.156. The number of fused-ring (bicyclic) bond motifs is 11. The van der Waals surface area contributed by atoms with E-state index in [-0.39, 0.29) is 13.4 Å². The first kappa shape index (κ1) is 36.4. The van der Waals surface area contributed by atoms with Crippen LogP contribution >= 0.6 is 0 Å². The second-order valence-corrected chi connectivity index (χ2v) is 18.3. The van der Waals surface area contributed by atoms with Gasteiger partial charge in [0.2, 0.25) is 0 Å². The van der Waals surface area contributed by atoms with E-state index in [4.69, 9.17) is 13.9 Å². The molecule has 2 aromatic heterocycles. The molecule has 68 heavy (non-hydrogen) atoms. The van der Waals surface area contributed by atoms with Crippen molar-refractivity contribution in [2.24, 2.45) is 0 Å². The van der Waals surface area contributed by atoms with Crippen molar-refractivity contribution < 1.29 is 13.9 Å². The second-order valence-electron chi connectivity index (χ2n) is 18.3. The zero-order valence-corrected chi connectivity index (χ0v) is 36.4. The lowest BCUT2D eigenvalue weighted by molar-refractivity contribution is 0.465. The Morgan fingerprint density at radius 1 is 0.338 bits per heavy atom. The zero-order valence-electron chi connectivity index (χ0n) is 36.4. The summed E-state index contributed by atoms with van der Waals surface area (Å²) in [6, 6.07) is 75.7. The second kappa shape index (κ2) is 13.4. The van der Waals surface area contributed by atoms with E-state index in [2.05, 4.69) is 227 Å². The van der Waals surface area contributed by atoms with Crippen molar-refractivity contribution in [2.45, 2.75) is 0 Å². The normalized spacial score (nSPS) is 13.2. The topological polar surface area (TPSA) is 43.0 Å². The summed E-state index contributed by atoms with van der Waals surface area (Å²) in [4.78, 5) is 4.59. The summed E-state index contributed by atoms with van der Waals surface area (Å²) in [5.74, 6) is 3.25. The van der Waals surface area contributed by atoms with Crippen LogP contribution in [0.5, 0.6) is 23.0 Å². The third-order valence-electron chi connectivity index (χ3n) is 14.8. The van der Waals surface area contributed by atoms with Crippen LogP contribution in [-0.4, -0.2) is 18.0 Å². The molecule has 0 saturated heterocycles. The number of aromatic nitrogens is 1. The number of anilines is 6. The Kier molecular flexibility index (Phi) is 7.15. The number of hydrogen-bond acceptors (Lipinski definition) is 5. The SMILES string of the molecule is c1ccc(N(c2ccccc2)c2ccc3c(c2)Oc2cc4c5c6c2B3c2cccc3c7cc8c(oc9ccccc98)c(c7n-6c23)B5c2ccc(N(c3ccccc3)c3ccccc3)cc2O4)cc1. The first-order valence-corrected chi connectivity index (χ1v) is 23.3. The van der Waals surface area contributed by atoms with Crippen molar-refractivity contribution in [3.05, 3.63) is 212 Å². The van der Waals surface area contributed by atoms with Crippen LogP contribution in [0.15, 0.2) is 217 Å². The number of benzene rings is 10. The minimum absolute atomic E-state index is 0.0781. The molecule has 0 N–H and O–H groups in total. The molecule has 6 nitrogen and oxygen atoms in total. The van der Waals surface area contributed by atoms with Gasteiger partial charge in [-0.3, -0.25) is 0 Å². The Hall–Kier alpha value is -8.87. The third-order valence-corrected chi connectivity index (χ3v) is 14.8. The van der Waals surface area contributed by atoms with Gasteiger partial charge in [-0.15, -0.1) is 0 Å². The Morgan fingerprint density at radius 3 is 1.44 bits per heavy atom. The summed E-state index contributed by atoms with van der Waals surface area (Å²) in [7, 11) is 0. The van der Waals surface area contributed by atoms with Gasteiger partial charge in [0.1, 0.15) is 34.2 Å². The number of para-hydroxylation sites is 6. The lowest BCUT2D eigenvalue weighted by atomic mass is 9.30. The van der Waals surface area contributed by atoms with Crippen molar-refractivity contribution in [2.75, 3.05) is 9.80 Å². The number of rotatable bonds is 6. The molecule has 12 aromatic rings. The van der Waals surface area contributed by atoms with Gasteiger partial charge >= 0.3 is 0 Å². The lowest BCUT2D eigenvalue weighted by Gasteiger charge is -2.40. The van der Waals surface area contributed by atoms with Gasteiger partial charge < -0.3 is 28.3 Å². The maximum absolute atomic E-state index is 7.34. The van der Waals surface area contributed by atoms with E-state index in [1.54, 1.807) is 0 Å². The summed E-state index contributed by atoms with van der Waals surface area (Å²) < 4.78 is 24.2. The van der Waals surface area contributed by atoms with Gasteiger partial charge in [-0.1, -0.05) is 121 Å². The van der Waals surface area contributed by atoms with Crippen molar-refractivity contribution in [3.63, 3.8) is 0 Å². The predicted molar refractivity (Wildman–Crippen MR) is 280 cm³/mol. The van der Waals surface area contributed by atoms with Gasteiger partial charge in [-0.25, -0.2) is 0 Å². The molecule has 0 bridgehead atoms. The summed E-state index contributed by atoms with van der Waals surface area (Å²) in [5, 5.41) is 4.70.